The Morgan fingerprint density at radius 3 is 2.83 bits per heavy atom. The molecule has 0 bridgehead atoms. The highest BCUT2D eigenvalue weighted by molar-refractivity contribution is 5.04. The van der Waals surface area contributed by atoms with Crippen LogP contribution in [0.15, 0.2) is 12.4 Å². The third kappa shape index (κ3) is 1.25. The van der Waals surface area contributed by atoms with Crippen LogP contribution < -0.4 is 0 Å². The van der Waals surface area contributed by atoms with Gasteiger partial charge in [0.2, 0.25) is 0 Å². The van der Waals surface area contributed by atoms with Crippen molar-refractivity contribution in [2.24, 2.45) is 0 Å². The van der Waals surface area contributed by atoms with Crippen LogP contribution in [0.5, 0.6) is 0 Å². The molecule has 0 atom stereocenters. The Morgan fingerprint density at radius 2 is 2.33 bits per heavy atom. The Kier molecular flexibility index (Phi) is 1.89. The van der Waals surface area contributed by atoms with E-state index in [4.69, 9.17) is 0 Å². The van der Waals surface area contributed by atoms with Gasteiger partial charge in [0, 0.05) is 19.3 Å². The van der Waals surface area contributed by atoms with Crippen molar-refractivity contribution in [1.82, 2.24) is 14.7 Å². The van der Waals surface area contributed by atoms with Crippen molar-refractivity contribution in [3.63, 3.8) is 0 Å². The van der Waals surface area contributed by atoms with Crippen molar-refractivity contribution in [2.75, 3.05) is 20.1 Å². The van der Waals surface area contributed by atoms with E-state index in [-0.39, 0.29) is 0 Å². The molecule has 66 valence electrons. The second-order valence-corrected chi connectivity index (χ2v) is 3.56. The summed E-state index contributed by atoms with van der Waals surface area (Å²) in [6.07, 6.45) is 5.22. The fourth-order valence-electron chi connectivity index (χ4n) is 1.59. The van der Waals surface area contributed by atoms with Crippen LogP contribution in [-0.2, 0) is 6.42 Å². The molecule has 3 heteroatoms. The van der Waals surface area contributed by atoms with Gasteiger partial charge in [-0.1, -0.05) is 6.92 Å². The first-order valence-corrected chi connectivity index (χ1v) is 4.51. The minimum atomic E-state index is 0.621. The van der Waals surface area contributed by atoms with Gasteiger partial charge in [0.1, 0.15) is 0 Å². The zero-order valence-corrected chi connectivity index (χ0v) is 7.70. The Balaban J connectivity index is 2.04. The largest absolute Gasteiger partial charge is 0.302 e. The van der Waals surface area contributed by atoms with Crippen LogP contribution in [-0.4, -0.2) is 34.8 Å². The minimum Gasteiger partial charge on any atom is -0.302 e. The van der Waals surface area contributed by atoms with Crippen LogP contribution in [0.1, 0.15) is 18.5 Å². The summed E-state index contributed by atoms with van der Waals surface area (Å²) in [5.74, 6) is 0. The van der Waals surface area contributed by atoms with E-state index in [0.29, 0.717) is 6.04 Å². The number of likely N-dealkylation sites (tertiary alicyclic amines) is 1. The molecule has 2 heterocycles. The van der Waals surface area contributed by atoms with Gasteiger partial charge < -0.3 is 4.90 Å². The summed E-state index contributed by atoms with van der Waals surface area (Å²) in [4.78, 5) is 2.30. The SMILES string of the molecule is CCc1cnn(C2CN(C)C2)c1. The molecule has 3 nitrogen and oxygen atoms in total. The van der Waals surface area contributed by atoms with Gasteiger partial charge in [-0.05, 0) is 19.0 Å². The van der Waals surface area contributed by atoms with E-state index >= 15 is 0 Å². The zero-order valence-electron chi connectivity index (χ0n) is 7.70. The molecule has 0 saturated carbocycles. The molecule has 1 aliphatic heterocycles. The summed E-state index contributed by atoms with van der Waals surface area (Å²) in [6.45, 7) is 4.45. The lowest BCUT2D eigenvalue weighted by Crippen LogP contribution is -2.45. The maximum Gasteiger partial charge on any atom is 0.0772 e. The Bertz CT molecular complexity index is 260. The van der Waals surface area contributed by atoms with E-state index in [1.54, 1.807) is 0 Å². The van der Waals surface area contributed by atoms with Crippen molar-refractivity contribution in [2.45, 2.75) is 19.4 Å². The van der Waals surface area contributed by atoms with Crippen LogP contribution in [0.25, 0.3) is 0 Å². The first-order valence-electron chi connectivity index (χ1n) is 4.51. The van der Waals surface area contributed by atoms with E-state index in [9.17, 15) is 0 Å². The first-order chi connectivity index (χ1) is 5.79. The van der Waals surface area contributed by atoms with Crippen molar-refractivity contribution >= 4 is 0 Å². The number of aromatic nitrogens is 2. The fraction of sp³-hybridized carbons (Fsp3) is 0.667. The molecule has 1 saturated heterocycles. The summed E-state index contributed by atoms with van der Waals surface area (Å²) in [5.41, 5.74) is 1.34. The lowest BCUT2D eigenvalue weighted by molar-refractivity contribution is 0.130. The second kappa shape index (κ2) is 2.90. The van der Waals surface area contributed by atoms with Gasteiger partial charge in [-0.3, -0.25) is 4.68 Å². The van der Waals surface area contributed by atoms with Gasteiger partial charge in [-0.15, -0.1) is 0 Å². The summed E-state index contributed by atoms with van der Waals surface area (Å²) in [6, 6.07) is 0.621. The lowest BCUT2D eigenvalue weighted by atomic mass is 10.1. The molecule has 2 rings (SSSR count). The third-order valence-corrected chi connectivity index (χ3v) is 2.48. The number of aryl methyl sites for hydroxylation is 1. The predicted octanol–water partition coefficient (Wildman–Crippen LogP) is 0.932. The quantitative estimate of drug-likeness (QED) is 0.650. The van der Waals surface area contributed by atoms with Crippen LogP contribution in [0.4, 0.5) is 0 Å². The van der Waals surface area contributed by atoms with Crippen molar-refractivity contribution in [1.29, 1.82) is 0 Å². The van der Waals surface area contributed by atoms with E-state index in [1.165, 1.54) is 5.56 Å². The highest BCUT2D eigenvalue weighted by Gasteiger charge is 2.24. The molecule has 0 radical (unpaired) electrons. The van der Waals surface area contributed by atoms with Gasteiger partial charge in [0.25, 0.3) is 0 Å². The smallest absolute Gasteiger partial charge is 0.0772 e. The molecule has 1 aromatic rings. The van der Waals surface area contributed by atoms with Gasteiger partial charge in [0.05, 0.1) is 12.2 Å². The molecule has 1 fully saturated rings. The van der Waals surface area contributed by atoms with E-state index in [2.05, 4.69) is 34.8 Å². The van der Waals surface area contributed by atoms with Crippen LogP contribution >= 0.6 is 0 Å². The highest BCUT2D eigenvalue weighted by Crippen LogP contribution is 2.18. The van der Waals surface area contributed by atoms with Crippen LogP contribution in [0.3, 0.4) is 0 Å². The van der Waals surface area contributed by atoms with E-state index in [0.717, 1.165) is 19.5 Å². The van der Waals surface area contributed by atoms with E-state index < -0.39 is 0 Å². The molecule has 0 spiro atoms. The topological polar surface area (TPSA) is 21.1 Å². The normalized spacial score (nSPS) is 19.5. The molecule has 0 unspecified atom stereocenters. The lowest BCUT2D eigenvalue weighted by Gasteiger charge is -2.36. The van der Waals surface area contributed by atoms with Gasteiger partial charge in [-0.25, -0.2) is 0 Å². The van der Waals surface area contributed by atoms with Crippen molar-refractivity contribution in [3.05, 3.63) is 18.0 Å². The summed E-state index contributed by atoms with van der Waals surface area (Å²) < 4.78 is 2.10. The molecule has 0 aliphatic carbocycles. The molecule has 1 aliphatic rings. The summed E-state index contributed by atoms with van der Waals surface area (Å²) in [5, 5.41) is 4.33. The average Bonchev–Trinajstić information content (AvgIpc) is 2.46. The van der Waals surface area contributed by atoms with Crippen LogP contribution in [0, 0.1) is 0 Å². The van der Waals surface area contributed by atoms with Crippen LogP contribution in [0.2, 0.25) is 0 Å². The van der Waals surface area contributed by atoms with Gasteiger partial charge in [-0.2, -0.15) is 5.10 Å². The van der Waals surface area contributed by atoms with Crippen molar-refractivity contribution in [3.8, 4) is 0 Å². The predicted molar refractivity (Wildman–Crippen MR) is 48.1 cm³/mol. The Hall–Kier alpha value is -0.830. The summed E-state index contributed by atoms with van der Waals surface area (Å²) in [7, 11) is 2.14. The van der Waals surface area contributed by atoms with Crippen molar-refractivity contribution < 1.29 is 0 Å². The number of rotatable bonds is 2. The fourth-order valence-corrected chi connectivity index (χ4v) is 1.59. The molecule has 0 aromatic carbocycles. The summed E-state index contributed by atoms with van der Waals surface area (Å²) >= 11 is 0. The molecular formula is C9H15N3. The molecular weight excluding hydrogens is 150 g/mol. The number of hydrogen-bond donors (Lipinski definition) is 0. The van der Waals surface area contributed by atoms with Gasteiger partial charge in [0.15, 0.2) is 0 Å². The third-order valence-electron chi connectivity index (χ3n) is 2.48. The van der Waals surface area contributed by atoms with E-state index in [1.807, 2.05) is 6.20 Å². The number of hydrogen-bond acceptors (Lipinski definition) is 2. The number of likely N-dealkylation sites (N-methyl/N-ethyl adjacent to an activating group) is 1. The standard InChI is InChI=1S/C9H15N3/c1-3-8-4-10-12(5-8)9-6-11(2)7-9/h4-5,9H,3,6-7H2,1-2H3. The zero-order chi connectivity index (χ0) is 8.55. The Morgan fingerprint density at radius 1 is 1.58 bits per heavy atom. The number of nitrogens with zero attached hydrogens (tertiary/aromatic N) is 3. The maximum absolute atomic E-state index is 4.33. The Labute approximate surface area is 73.0 Å². The monoisotopic (exact) mass is 165 g/mol. The second-order valence-electron chi connectivity index (χ2n) is 3.56. The molecule has 0 amide bonds. The first kappa shape index (κ1) is 7.80. The highest BCUT2D eigenvalue weighted by atomic mass is 15.4. The van der Waals surface area contributed by atoms with Gasteiger partial charge >= 0.3 is 0 Å². The minimum absolute atomic E-state index is 0.621. The maximum atomic E-state index is 4.33. The average molecular weight is 165 g/mol. The molecule has 0 N–H and O–H groups in total. The molecule has 12 heavy (non-hydrogen) atoms. The molecule has 1 aromatic heterocycles.